The molecule has 0 radical (unpaired) electrons. The summed E-state index contributed by atoms with van der Waals surface area (Å²) >= 11 is 7.49. The summed E-state index contributed by atoms with van der Waals surface area (Å²) in [4.78, 5) is 5.31. The van der Waals surface area contributed by atoms with Gasteiger partial charge in [-0.05, 0) is 31.0 Å². The molecular formula is C12H12ClN3OS. The molecule has 1 saturated carbocycles. The van der Waals surface area contributed by atoms with E-state index in [9.17, 15) is 0 Å². The largest absolute Gasteiger partial charge is 0.398 e. The molecule has 0 unspecified atom stereocenters. The molecule has 0 amide bonds. The van der Waals surface area contributed by atoms with Gasteiger partial charge in [-0.1, -0.05) is 16.8 Å². The minimum Gasteiger partial charge on any atom is -0.398 e. The van der Waals surface area contributed by atoms with E-state index in [1.165, 1.54) is 12.8 Å². The Labute approximate surface area is 114 Å². The quantitative estimate of drug-likeness (QED) is 0.686. The minimum atomic E-state index is 0.517. The Morgan fingerprint density at radius 3 is 3.06 bits per heavy atom. The zero-order valence-corrected chi connectivity index (χ0v) is 11.2. The fourth-order valence-corrected chi connectivity index (χ4v) is 2.68. The van der Waals surface area contributed by atoms with Crippen molar-refractivity contribution in [3.63, 3.8) is 0 Å². The van der Waals surface area contributed by atoms with Crippen molar-refractivity contribution in [2.45, 2.75) is 29.4 Å². The third-order valence-electron chi connectivity index (χ3n) is 2.75. The highest BCUT2D eigenvalue weighted by molar-refractivity contribution is 7.98. The molecule has 1 heterocycles. The first-order chi connectivity index (χ1) is 8.72. The van der Waals surface area contributed by atoms with Crippen molar-refractivity contribution in [1.82, 2.24) is 10.1 Å². The van der Waals surface area contributed by atoms with Crippen molar-refractivity contribution < 1.29 is 4.52 Å². The standard InChI is InChI=1S/C12H12ClN3OS/c13-8-3-4-9(14)10(5-8)18-6-11-15-12(16-17-11)7-1-2-7/h3-5,7H,1-2,6,14H2. The predicted octanol–water partition coefficient (Wildman–Crippen LogP) is 3.47. The van der Waals surface area contributed by atoms with Gasteiger partial charge in [-0.2, -0.15) is 4.98 Å². The fourth-order valence-electron chi connectivity index (χ4n) is 1.61. The molecule has 6 heteroatoms. The molecular weight excluding hydrogens is 270 g/mol. The van der Waals surface area contributed by atoms with Gasteiger partial charge in [-0.3, -0.25) is 0 Å². The summed E-state index contributed by atoms with van der Waals surface area (Å²) in [5, 5.41) is 4.65. The highest BCUT2D eigenvalue weighted by atomic mass is 35.5. The molecule has 0 atom stereocenters. The van der Waals surface area contributed by atoms with Gasteiger partial charge in [0, 0.05) is 21.5 Å². The van der Waals surface area contributed by atoms with Crippen LogP contribution in [0.15, 0.2) is 27.6 Å². The molecule has 2 N–H and O–H groups in total. The SMILES string of the molecule is Nc1ccc(Cl)cc1SCc1nc(C2CC2)no1. The lowest BCUT2D eigenvalue weighted by Crippen LogP contribution is -1.89. The third kappa shape index (κ3) is 2.62. The normalized spacial score (nSPS) is 14.9. The van der Waals surface area contributed by atoms with Crippen molar-refractivity contribution in [3.05, 3.63) is 34.9 Å². The Morgan fingerprint density at radius 2 is 2.28 bits per heavy atom. The summed E-state index contributed by atoms with van der Waals surface area (Å²) in [5.41, 5.74) is 6.59. The summed E-state index contributed by atoms with van der Waals surface area (Å²) in [5.74, 6) is 2.61. The number of halogens is 1. The van der Waals surface area contributed by atoms with E-state index in [-0.39, 0.29) is 0 Å². The number of hydrogen-bond acceptors (Lipinski definition) is 5. The number of benzene rings is 1. The molecule has 2 aromatic rings. The van der Waals surface area contributed by atoms with E-state index in [1.807, 2.05) is 6.07 Å². The van der Waals surface area contributed by atoms with Gasteiger partial charge in [0.05, 0.1) is 5.75 Å². The lowest BCUT2D eigenvalue weighted by atomic mass is 10.3. The van der Waals surface area contributed by atoms with Crippen LogP contribution in [0.1, 0.15) is 30.5 Å². The van der Waals surface area contributed by atoms with Crippen molar-refractivity contribution in [1.29, 1.82) is 0 Å². The van der Waals surface area contributed by atoms with Crippen molar-refractivity contribution in [2.24, 2.45) is 0 Å². The van der Waals surface area contributed by atoms with E-state index in [4.69, 9.17) is 21.9 Å². The fraction of sp³-hybridized carbons (Fsp3) is 0.333. The van der Waals surface area contributed by atoms with Crippen LogP contribution in [0.4, 0.5) is 5.69 Å². The number of aromatic nitrogens is 2. The van der Waals surface area contributed by atoms with Crippen LogP contribution in [-0.2, 0) is 5.75 Å². The van der Waals surface area contributed by atoms with E-state index >= 15 is 0 Å². The summed E-state index contributed by atoms with van der Waals surface area (Å²) in [7, 11) is 0. The van der Waals surface area contributed by atoms with E-state index in [0.717, 1.165) is 10.7 Å². The van der Waals surface area contributed by atoms with Crippen LogP contribution in [0, 0.1) is 0 Å². The van der Waals surface area contributed by atoms with Gasteiger partial charge >= 0.3 is 0 Å². The first-order valence-electron chi connectivity index (χ1n) is 5.72. The molecule has 94 valence electrons. The Balaban J connectivity index is 1.67. The van der Waals surface area contributed by atoms with Gasteiger partial charge in [0.25, 0.3) is 0 Å². The van der Waals surface area contributed by atoms with Crippen molar-refractivity contribution in [3.8, 4) is 0 Å². The van der Waals surface area contributed by atoms with Crippen LogP contribution >= 0.6 is 23.4 Å². The second kappa shape index (κ2) is 4.82. The average Bonchev–Trinajstić information content (AvgIpc) is 3.10. The molecule has 18 heavy (non-hydrogen) atoms. The number of thioether (sulfide) groups is 1. The van der Waals surface area contributed by atoms with Gasteiger partial charge in [-0.15, -0.1) is 11.8 Å². The van der Waals surface area contributed by atoms with Gasteiger partial charge in [0.1, 0.15) is 0 Å². The number of nitrogen functional groups attached to an aromatic ring is 1. The highest BCUT2D eigenvalue weighted by Crippen LogP contribution is 2.38. The number of hydrogen-bond donors (Lipinski definition) is 1. The summed E-state index contributed by atoms with van der Waals surface area (Å²) in [6, 6.07) is 5.42. The summed E-state index contributed by atoms with van der Waals surface area (Å²) in [6.07, 6.45) is 2.35. The highest BCUT2D eigenvalue weighted by Gasteiger charge is 2.28. The maximum atomic E-state index is 5.93. The van der Waals surface area contributed by atoms with Crippen molar-refractivity contribution >= 4 is 29.1 Å². The molecule has 1 aliphatic carbocycles. The Morgan fingerprint density at radius 1 is 1.44 bits per heavy atom. The molecule has 1 fully saturated rings. The number of rotatable bonds is 4. The first kappa shape index (κ1) is 11.9. The molecule has 3 rings (SSSR count). The molecule has 1 aromatic carbocycles. The van der Waals surface area contributed by atoms with Crippen LogP contribution in [0.2, 0.25) is 5.02 Å². The maximum Gasteiger partial charge on any atom is 0.237 e. The van der Waals surface area contributed by atoms with E-state index < -0.39 is 0 Å². The second-order valence-electron chi connectivity index (χ2n) is 4.29. The second-order valence-corrected chi connectivity index (χ2v) is 5.75. The number of anilines is 1. The molecule has 1 aromatic heterocycles. The minimum absolute atomic E-state index is 0.517. The van der Waals surface area contributed by atoms with Crippen LogP contribution in [-0.4, -0.2) is 10.1 Å². The monoisotopic (exact) mass is 281 g/mol. The molecule has 0 spiro atoms. The zero-order chi connectivity index (χ0) is 12.5. The van der Waals surface area contributed by atoms with Crippen LogP contribution in [0.5, 0.6) is 0 Å². The van der Waals surface area contributed by atoms with Gasteiger partial charge in [0.2, 0.25) is 5.89 Å². The van der Waals surface area contributed by atoms with Gasteiger partial charge in [-0.25, -0.2) is 0 Å². The molecule has 4 nitrogen and oxygen atoms in total. The summed E-state index contributed by atoms with van der Waals surface area (Å²) < 4.78 is 5.20. The number of nitrogens with zero attached hydrogens (tertiary/aromatic N) is 2. The molecule has 1 aliphatic rings. The predicted molar refractivity (Wildman–Crippen MR) is 71.7 cm³/mol. The zero-order valence-electron chi connectivity index (χ0n) is 9.60. The lowest BCUT2D eigenvalue weighted by Gasteiger charge is -2.03. The molecule has 0 bridgehead atoms. The van der Waals surface area contributed by atoms with Crippen molar-refractivity contribution in [2.75, 3.05) is 5.73 Å². The van der Waals surface area contributed by atoms with Crippen LogP contribution in [0.25, 0.3) is 0 Å². The Bertz CT molecular complexity index is 568. The van der Waals surface area contributed by atoms with E-state index in [2.05, 4.69) is 10.1 Å². The Kier molecular flexibility index (Phi) is 3.18. The average molecular weight is 282 g/mol. The maximum absolute atomic E-state index is 5.93. The van der Waals surface area contributed by atoms with E-state index in [1.54, 1.807) is 23.9 Å². The first-order valence-corrected chi connectivity index (χ1v) is 7.09. The third-order valence-corrected chi connectivity index (χ3v) is 4.04. The summed E-state index contributed by atoms with van der Waals surface area (Å²) in [6.45, 7) is 0. The smallest absolute Gasteiger partial charge is 0.237 e. The topological polar surface area (TPSA) is 64.9 Å². The molecule has 0 aliphatic heterocycles. The van der Waals surface area contributed by atoms with Crippen LogP contribution < -0.4 is 5.73 Å². The van der Waals surface area contributed by atoms with Crippen LogP contribution in [0.3, 0.4) is 0 Å². The van der Waals surface area contributed by atoms with Gasteiger partial charge < -0.3 is 10.3 Å². The Hall–Kier alpha value is -1.20. The van der Waals surface area contributed by atoms with Gasteiger partial charge in [0.15, 0.2) is 5.82 Å². The lowest BCUT2D eigenvalue weighted by molar-refractivity contribution is 0.385. The van der Waals surface area contributed by atoms with E-state index in [0.29, 0.717) is 28.3 Å². The molecule has 0 saturated heterocycles. The number of nitrogens with two attached hydrogens (primary N) is 1.